The average Bonchev–Trinajstić information content (AvgIpc) is 3.08. The summed E-state index contributed by atoms with van der Waals surface area (Å²) in [4.78, 5) is 12.3. The Morgan fingerprint density at radius 3 is 2.00 bits per heavy atom. The quantitative estimate of drug-likeness (QED) is 0.218. The fourth-order valence-corrected chi connectivity index (χ4v) is 6.08. The summed E-state index contributed by atoms with van der Waals surface area (Å²) in [5, 5.41) is 0.983. The number of ether oxygens (including phenoxy) is 2. The van der Waals surface area contributed by atoms with Crippen LogP contribution < -0.4 is 14.4 Å². The Kier molecular flexibility index (Phi) is 5.13. The van der Waals surface area contributed by atoms with Crippen LogP contribution >= 0.6 is 0 Å². The van der Waals surface area contributed by atoms with Crippen molar-refractivity contribution >= 4 is 28.0 Å². The molecule has 1 aromatic heterocycles. The van der Waals surface area contributed by atoms with Gasteiger partial charge in [-0.2, -0.15) is 0 Å². The molecule has 0 bridgehead atoms. The maximum absolute atomic E-state index is 6.68. The predicted molar refractivity (Wildman–Crippen MR) is 171 cm³/mol. The summed E-state index contributed by atoms with van der Waals surface area (Å²) in [6.07, 6.45) is 0. The van der Waals surface area contributed by atoms with Gasteiger partial charge in [0.1, 0.15) is 5.69 Å². The molecule has 202 valence electrons. The first kappa shape index (κ1) is 23.7. The fraction of sp³-hybridized carbons (Fsp3) is 0. The van der Waals surface area contributed by atoms with Crippen LogP contribution in [0.4, 0.5) is 17.1 Å². The van der Waals surface area contributed by atoms with Gasteiger partial charge in [0, 0.05) is 22.1 Å². The largest absolute Gasteiger partial charge is 0.453 e. The van der Waals surface area contributed by atoms with E-state index in [9.17, 15) is 0 Å². The summed E-state index contributed by atoms with van der Waals surface area (Å²) in [5.74, 6) is 3.85. The Hall–Kier alpha value is -5.94. The number of para-hydroxylation sites is 4. The molecule has 0 unspecified atom stereocenters. The van der Waals surface area contributed by atoms with E-state index in [1.807, 2.05) is 84.9 Å². The summed E-state index contributed by atoms with van der Waals surface area (Å²) in [7, 11) is 0. The Bertz CT molecular complexity index is 2200. The van der Waals surface area contributed by atoms with Crippen molar-refractivity contribution in [1.82, 2.24) is 9.97 Å². The molecule has 2 aliphatic heterocycles. The topological polar surface area (TPSA) is 47.5 Å². The molecule has 0 aliphatic carbocycles. The molecule has 2 aliphatic rings. The number of nitrogens with zero attached hydrogens (tertiary/aromatic N) is 3. The predicted octanol–water partition coefficient (Wildman–Crippen LogP) is 10.3. The minimum atomic E-state index is 0.707. The van der Waals surface area contributed by atoms with Gasteiger partial charge >= 0.3 is 0 Å². The minimum absolute atomic E-state index is 0.707. The minimum Gasteiger partial charge on any atom is -0.453 e. The van der Waals surface area contributed by atoms with Gasteiger partial charge in [-0.25, -0.2) is 9.97 Å². The molecule has 0 saturated heterocycles. The van der Waals surface area contributed by atoms with Crippen molar-refractivity contribution in [3.63, 3.8) is 0 Å². The number of rotatable bonds is 3. The van der Waals surface area contributed by atoms with Crippen LogP contribution in [0.15, 0.2) is 140 Å². The van der Waals surface area contributed by atoms with E-state index in [1.54, 1.807) is 0 Å². The number of hydrogen-bond donors (Lipinski definition) is 0. The molecule has 0 saturated carbocycles. The zero-order valence-corrected chi connectivity index (χ0v) is 22.9. The molecule has 0 radical (unpaired) electrons. The second kappa shape index (κ2) is 9.29. The molecule has 0 amide bonds. The summed E-state index contributed by atoms with van der Waals surface area (Å²) >= 11 is 0. The Balaban J connectivity index is 1.25. The van der Waals surface area contributed by atoms with E-state index in [2.05, 4.69) is 59.5 Å². The van der Waals surface area contributed by atoms with E-state index >= 15 is 0 Å². The highest BCUT2D eigenvalue weighted by Gasteiger charge is 2.35. The van der Waals surface area contributed by atoms with E-state index in [1.165, 1.54) is 0 Å². The monoisotopic (exact) mass is 553 g/mol. The standard InChI is InChI=1S/C38H23N3O2/c1-3-11-24(12-4-1)35-28-23-26(21-22-29(28)39-38(40-35)25-13-5-2-6-14-25)27-15-9-17-31-37(27)43-34-20-10-19-33-36(34)41(31)30-16-7-8-18-32(30)42-33/h1-23H. The van der Waals surface area contributed by atoms with Crippen LogP contribution in [0.1, 0.15) is 0 Å². The van der Waals surface area contributed by atoms with Crippen LogP contribution in [0.2, 0.25) is 0 Å². The molecule has 7 aromatic rings. The molecule has 43 heavy (non-hydrogen) atoms. The third-order valence-corrected chi connectivity index (χ3v) is 8.04. The molecule has 0 spiro atoms. The first-order valence-corrected chi connectivity index (χ1v) is 14.3. The lowest BCUT2D eigenvalue weighted by Gasteiger charge is -2.38. The third-order valence-electron chi connectivity index (χ3n) is 8.04. The normalized spacial score (nSPS) is 12.5. The van der Waals surface area contributed by atoms with Crippen molar-refractivity contribution in [3.05, 3.63) is 140 Å². The first-order valence-electron chi connectivity index (χ1n) is 14.3. The molecular weight excluding hydrogens is 530 g/mol. The van der Waals surface area contributed by atoms with Gasteiger partial charge in [-0.15, -0.1) is 0 Å². The van der Waals surface area contributed by atoms with Gasteiger partial charge in [0.15, 0.2) is 28.8 Å². The number of hydrogen-bond acceptors (Lipinski definition) is 5. The zero-order valence-electron chi connectivity index (χ0n) is 22.9. The van der Waals surface area contributed by atoms with E-state index in [-0.39, 0.29) is 0 Å². The van der Waals surface area contributed by atoms with Gasteiger partial charge < -0.3 is 9.47 Å². The highest BCUT2D eigenvalue weighted by atomic mass is 16.5. The lowest BCUT2D eigenvalue weighted by Crippen LogP contribution is -2.20. The number of benzene rings is 6. The summed E-state index contributed by atoms with van der Waals surface area (Å²) in [6.45, 7) is 0. The van der Waals surface area contributed by atoms with Crippen molar-refractivity contribution in [2.45, 2.75) is 0 Å². The van der Waals surface area contributed by atoms with Crippen LogP contribution in [0.3, 0.4) is 0 Å². The van der Waals surface area contributed by atoms with Crippen molar-refractivity contribution < 1.29 is 9.47 Å². The summed E-state index contributed by atoms with van der Waals surface area (Å²) < 4.78 is 12.9. The van der Waals surface area contributed by atoms with E-state index in [0.29, 0.717) is 5.82 Å². The van der Waals surface area contributed by atoms with E-state index < -0.39 is 0 Å². The van der Waals surface area contributed by atoms with E-state index in [0.717, 1.165) is 78.9 Å². The Morgan fingerprint density at radius 1 is 0.488 bits per heavy atom. The highest BCUT2D eigenvalue weighted by Crippen LogP contribution is 2.60. The molecule has 0 atom stereocenters. The van der Waals surface area contributed by atoms with Gasteiger partial charge in [-0.3, -0.25) is 4.90 Å². The van der Waals surface area contributed by atoms with Crippen LogP contribution in [0.25, 0.3) is 44.7 Å². The first-order chi connectivity index (χ1) is 21.3. The lowest BCUT2D eigenvalue weighted by molar-refractivity contribution is 0.447. The van der Waals surface area contributed by atoms with Gasteiger partial charge in [0.05, 0.1) is 22.6 Å². The SMILES string of the molecule is c1ccc(-c2nc(-c3ccccc3)c3cc(-c4cccc5c4Oc4cccc6c4N5c4ccccc4O6)ccc3n2)cc1. The van der Waals surface area contributed by atoms with Crippen molar-refractivity contribution in [1.29, 1.82) is 0 Å². The zero-order chi connectivity index (χ0) is 28.3. The molecule has 0 N–H and O–H groups in total. The second-order valence-corrected chi connectivity index (χ2v) is 10.6. The lowest BCUT2D eigenvalue weighted by atomic mass is 9.97. The summed E-state index contributed by atoms with van der Waals surface area (Å²) in [5.41, 5.74) is 8.69. The Labute approximate surface area is 248 Å². The molecule has 6 aromatic carbocycles. The van der Waals surface area contributed by atoms with Crippen LogP contribution in [0, 0.1) is 0 Å². The maximum Gasteiger partial charge on any atom is 0.160 e. The van der Waals surface area contributed by atoms with Crippen LogP contribution in [-0.4, -0.2) is 9.97 Å². The van der Waals surface area contributed by atoms with Gasteiger partial charge in [-0.05, 0) is 48.0 Å². The molecule has 5 heteroatoms. The smallest absolute Gasteiger partial charge is 0.160 e. The van der Waals surface area contributed by atoms with Gasteiger partial charge in [-0.1, -0.05) is 97.1 Å². The number of anilines is 3. The third kappa shape index (κ3) is 3.72. The van der Waals surface area contributed by atoms with Crippen molar-refractivity contribution in [2.24, 2.45) is 0 Å². The van der Waals surface area contributed by atoms with Gasteiger partial charge in [0.25, 0.3) is 0 Å². The Morgan fingerprint density at radius 2 is 1.16 bits per heavy atom. The fourth-order valence-electron chi connectivity index (χ4n) is 6.08. The molecule has 3 heterocycles. The average molecular weight is 554 g/mol. The molecular formula is C38H23N3O2. The van der Waals surface area contributed by atoms with Crippen molar-refractivity contribution in [3.8, 4) is 56.8 Å². The molecule has 0 fully saturated rings. The number of aromatic nitrogens is 2. The van der Waals surface area contributed by atoms with Crippen LogP contribution in [0.5, 0.6) is 23.0 Å². The molecule has 9 rings (SSSR count). The van der Waals surface area contributed by atoms with E-state index in [4.69, 9.17) is 19.4 Å². The second-order valence-electron chi connectivity index (χ2n) is 10.6. The number of fused-ring (bicyclic) bond motifs is 5. The summed E-state index contributed by atoms with van der Waals surface area (Å²) in [6, 6.07) is 47.2. The van der Waals surface area contributed by atoms with Crippen molar-refractivity contribution in [2.75, 3.05) is 4.90 Å². The van der Waals surface area contributed by atoms with Gasteiger partial charge in [0.2, 0.25) is 0 Å². The van der Waals surface area contributed by atoms with Crippen LogP contribution in [-0.2, 0) is 0 Å². The molecule has 5 nitrogen and oxygen atoms in total. The maximum atomic E-state index is 6.68. The highest BCUT2D eigenvalue weighted by molar-refractivity contribution is 6.00.